The van der Waals surface area contributed by atoms with Gasteiger partial charge in [0, 0.05) is 13.7 Å². The molecule has 0 radical (unpaired) electrons. The normalized spacial score (nSPS) is 9.76. The third kappa shape index (κ3) is 4.74. The number of carbonyl (C=O) groups is 2. The molecular formula is C13H14FN3O4. The maximum Gasteiger partial charge on any atom is 0.323 e. The maximum absolute atomic E-state index is 13.4. The number of halogens is 1. The fourth-order valence-corrected chi connectivity index (χ4v) is 1.55. The molecule has 0 unspecified atom stereocenters. The lowest BCUT2D eigenvalue weighted by atomic mass is 10.2. The molecule has 0 spiro atoms. The van der Waals surface area contributed by atoms with Crippen LogP contribution in [0.2, 0.25) is 0 Å². The van der Waals surface area contributed by atoms with Crippen LogP contribution in [-0.2, 0) is 9.53 Å². The van der Waals surface area contributed by atoms with Gasteiger partial charge in [-0.15, -0.1) is 0 Å². The first kappa shape index (κ1) is 16.4. The largest absolute Gasteiger partial charge is 0.480 e. The van der Waals surface area contributed by atoms with Gasteiger partial charge in [0.25, 0.3) is 0 Å². The molecule has 21 heavy (non-hydrogen) atoms. The number of ether oxygens (including phenoxy) is 1. The van der Waals surface area contributed by atoms with Crippen molar-refractivity contribution in [2.24, 2.45) is 0 Å². The summed E-state index contributed by atoms with van der Waals surface area (Å²) in [6.45, 7) is -0.340. The van der Waals surface area contributed by atoms with Crippen LogP contribution in [0.1, 0.15) is 5.56 Å². The van der Waals surface area contributed by atoms with Crippen molar-refractivity contribution in [1.29, 1.82) is 5.26 Å². The van der Waals surface area contributed by atoms with E-state index in [1.54, 1.807) is 6.07 Å². The van der Waals surface area contributed by atoms with Gasteiger partial charge in [0.2, 0.25) is 0 Å². The molecule has 8 heteroatoms. The van der Waals surface area contributed by atoms with E-state index in [0.29, 0.717) is 0 Å². The Hall–Kier alpha value is -2.66. The van der Waals surface area contributed by atoms with Crippen molar-refractivity contribution in [1.82, 2.24) is 4.90 Å². The molecule has 1 aromatic carbocycles. The average Bonchev–Trinajstić information content (AvgIpc) is 2.43. The predicted octanol–water partition coefficient (Wildman–Crippen LogP) is 1.26. The maximum atomic E-state index is 13.4. The van der Waals surface area contributed by atoms with Crippen LogP contribution < -0.4 is 5.32 Å². The minimum atomic E-state index is -1.19. The topological polar surface area (TPSA) is 103 Å². The summed E-state index contributed by atoms with van der Waals surface area (Å²) in [5, 5.41) is 20.0. The van der Waals surface area contributed by atoms with Gasteiger partial charge in [-0.3, -0.25) is 4.79 Å². The molecule has 0 atom stereocenters. The molecule has 0 fully saturated rings. The molecule has 0 bridgehead atoms. The molecule has 0 aliphatic heterocycles. The fourth-order valence-electron chi connectivity index (χ4n) is 1.55. The van der Waals surface area contributed by atoms with E-state index in [-0.39, 0.29) is 24.4 Å². The Balaban J connectivity index is 2.88. The molecule has 2 N–H and O–H groups in total. The van der Waals surface area contributed by atoms with Crippen LogP contribution in [0, 0.1) is 17.1 Å². The van der Waals surface area contributed by atoms with E-state index in [1.807, 2.05) is 0 Å². The number of benzene rings is 1. The van der Waals surface area contributed by atoms with Gasteiger partial charge in [-0.2, -0.15) is 5.26 Å². The molecule has 0 aliphatic rings. The van der Waals surface area contributed by atoms with Crippen LogP contribution in [0.5, 0.6) is 0 Å². The number of carboxylic acids is 1. The summed E-state index contributed by atoms with van der Waals surface area (Å²) >= 11 is 0. The lowest BCUT2D eigenvalue weighted by Gasteiger charge is -2.21. The van der Waals surface area contributed by atoms with Crippen LogP contribution in [-0.4, -0.2) is 48.8 Å². The van der Waals surface area contributed by atoms with Gasteiger partial charge in [0.05, 0.1) is 12.3 Å². The van der Waals surface area contributed by atoms with Crippen LogP contribution in [0.25, 0.3) is 0 Å². The first-order chi connectivity index (χ1) is 9.99. The van der Waals surface area contributed by atoms with Crippen LogP contribution in [0.4, 0.5) is 14.9 Å². The second-order valence-corrected chi connectivity index (χ2v) is 4.01. The Morgan fingerprint density at radius 1 is 1.52 bits per heavy atom. The number of carboxylic acid groups (broad SMARTS) is 1. The van der Waals surface area contributed by atoms with Gasteiger partial charge in [-0.25, -0.2) is 9.18 Å². The van der Waals surface area contributed by atoms with E-state index < -0.39 is 24.4 Å². The summed E-state index contributed by atoms with van der Waals surface area (Å²) in [7, 11) is 1.41. The van der Waals surface area contributed by atoms with E-state index in [1.165, 1.54) is 19.2 Å². The highest BCUT2D eigenvalue weighted by Crippen LogP contribution is 2.18. The van der Waals surface area contributed by atoms with Gasteiger partial charge in [-0.05, 0) is 12.1 Å². The molecule has 0 saturated heterocycles. The molecule has 7 nitrogen and oxygen atoms in total. The Morgan fingerprint density at radius 2 is 2.24 bits per heavy atom. The lowest BCUT2D eigenvalue weighted by molar-refractivity contribution is -0.137. The number of urea groups is 1. The second-order valence-electron chi connectivity index (χ2n) is 4.01. The number of methoxy groups -OCH3 is 1. The van der Waals surface area contributed by atoms with Crippen molar-refractivity contribution in [2.45, 2.75) is 0 Å². The van der Waals surface area contributed by atoms with Crippen molar-refractivity contribution >= 4 is 17.7 Å². The highest BCUT2D eigenvalue weighted by molar-refractivity contribution is 5.92. The summed E-state index contributed by atoms with van der Waals surface area (Å²) in [5.74, 6) is -1.96. The van der Waals surface area contributed by atoms with Gasteiger partial charge < -0.3 is 20.1 Å². The standard InChI is InChI=1S/C13H14FN3O4/c1-21-6-5-17(8-12(18)19)13(20)16-11-4-2-3-10(14)9(11)7-15/h2-4H,5-6,8H2,1H3,(H,16,20)(H,18,19). The number of nitrogens with one attached hydrogen (secondary N) is 1. The first-order valence-electron chi connectivity index (χ1n) is 5.95. The van der Waals surface area contributed by atoms with Gasteiger partial charge in [-0.1, -0.05) is 6.07 Å². The summed E-state index contributed by atoms with van der Waals surface area (Å²) in [4.78, 5) is 23.7. The Labute approximate surface area is 120 Å². The third-order valence-electron chi connectivity index (χ3n) is 2.55. The molecule has 1 aromatic rings. The van der Waals surface area contributed by atoms with Crippen molar-refractivity contribution in [2.75, 3.05) is 32.1 Å². The monoisotopic (exact) mass is 295 g/mol. The number of amides is 2. The average molecular weight is 295 g/mol. The molecule has 0 heterocycles. The zero-order valence-electron chi connectivity index (χ0n) is 11.3. The third-order valence-corrected chi connectivity index (χ3v) is 2.55. The number of nitriles is 1. The van der Waals surface area contributed by atoms with Crippen molar-refractivity contribution in [3.05, 3.63) is 29.6 Å². The number of hydrogen-bond acceptors (Lipinski definition) is 4. The summed E-state index contributed by atoms with van der Waals surface area (Å²) in [6.07, 6.45) is 0. The van der Waals surface area contributed by atoms with Crippen molar-refractivity contribution < 1.29 is 23.8 Å². The molecule has 2 amide bonds. The molecule has 0 saturated carbocycles. The van der Waals surface area contributed by atoms with Gasteiger partial charge >= 0.3 is 12.0 Å². The number of carbonyl (C=O) groups excluding carboxylic acids is 1. The number of rotatable bonds is 6. The minimum Gasteiger partial charge on any atom is -0.480 e. The van der Waals surface area contributed by atoms with Gasteiger partial charge in [0.15, 0.2) is 0 Å². The predicted molar refractivity (Wildman–Crippen MR) is 71.2 cm³/mol. The van der Waals surface area contributed by atoms with Gasteiger partial charge in [0.1, 0.15) is 24.0 Å². The Bertz CT molecular complexity index is 571. The zero-order valence-corrected chi connectivity index (χ0v) is 11.3. The number of hydrogen-bond donors (Lipinski definition) is 2. The van der Waals surface area contributed by atoms with Crippen LogP contribution >= 0.6 is 0 Å². The lowest BCUT2D eigenvalue weighted by Crippen LogP contribution is -2.40. The molecular weight excluding hydrogens is 281 g/mol. The minimum absolute atomic E-state index is 0.0182. The summed E-state index contributed by atoms with van der Waals surface area (Å²) in [5.41, 5.74) is -0.330. The Morgan fingerprint density at radius 3 is 2.81 bits per heavy atom. The molecule has 0 aromatic heterocycles. The van der Waals surface area contributed by atoms with Crippen LogP contribution in [0.15, 0.2) is 18.2 Å². The van der Waals surface area contributed by atoms with Crippen molar-refractivity contribution in [3.8, 4) is 6.07 Å². The molecule has 112 valence electrons. The SMILES string of the molecule is COCCN(CC(=O)O)C(=O)Nc1cccc(F)c1C#N. The number of aliphatic carboxylic acids is 1. The van der Waals surface area contributed by atoms with E-state index in [9.17, 15) is 14.0 Å². The summed E-state index contributed by atoms with van der Waals surface area (Å²) in [6, 6.07) is 4.67. The van der Waals surface area contributed by atoms with E-state index in [4.69, 9.17) is 15.1 Å². The van der Waals surface area contributed by atoms with E-state index in [0.717, 1.165) is 11.0 Å². The molecule has 0 aliphatic carbocycles. The first-order valence-corrected chi connectivity index (χ1v) is 5.95. The van der Waals surface area contributed by atoms with Crippen LogP contribution in [0.3, 0.4) is 0 Å². The second kappa shape index (κ2) is 7.81. The van der Waals surface area contributed by atoms with E-state index in [2.05, 4.69) is 5.32 Å². The highest BCUT2D eigenvalue weighted by atomic mass is 19.1. The van der Waals surface area contributed by atoms with Crippen molar-refractivity contribution in [3.63, 3.8) is 0 Å². The summed E-state index contributed by atoms with van der Waals surface area (Å²) < 4.78 is 18.2. The number of nitrogens with zero attached hydrogens (tertiary/aromatic N) is 2. The Kier molecular flexibility index (Phi) is 6.10. The zero-order chi connectivity index (χ0) is 15.8. The molecule has 1 rings (SSSR count). The smallest absolute Gasteiger partial charge is 0.323 e. The quantitative estimate of drug-likeness (QED) is 0.822. The number of anilines is 1. The van der Waals surface area contributed by atoms with E-state index >= 15 is 0 Å². The fraction of sp³-hybridized carbons (Fsp3) is 0.308. The highest BCUT2D eigenvalue weighted by Gasteiger charge is 2.18.